The van der Waals surface area contributed by atoms with Crippen LogP contribution in [0, 0.1) is 11.8 Å². The van der Waals surface area contributed by atoms with Crippen molar-refractivity contribution in [3.05, 3.63) is 0 Å². The van der Waals surface area contributed by atoms with E-state index in [0.717, 1.165) is 0 Å². The van der Waals surface area contributed by atoms with E-state index in [2.05, 4.69) is 4.40 Å². The molecule has 0 radical (unpaired) electrons. The molecule has 0 N–H and O–H groups in total. The maximum atomic E-state index is 12.2. The third-order valence-electron chi connectivity index (χ3n) is 3.63. The maximum absolute atomic E-state index is 12.2. The predicted molar refractivity (Wildman–Crippen MR) is 59.1 cm³/mol. The lowest BCUT2D eigenvalue weighted by atomic mass is 9.80. The van der Waals surface area contributed by atoms with Crippen LogP contribution in [0.15, 0.2) is 4.40 Å². The summed E-state index contributed by atoms with van der Waals surface area (Å²) in [6, 6.07) is 0. The fourth-order valence-corrected chi connectivity index (χ4v) is 5.27. The minimum Gasteiger partial charge on any atom is -0.861 e. The van der Waals surface area contributed by atoms with Gasteiger partial charge in [-0.2, -0.15) is 26.0 Å². The van der Waals surface area contributed by atoms with Crippen LogP contribution >= 0.6 is 11.8 Å². The van der Waals surface area contributed by atoms with Crippen LogP contribution in [0.2, 0.25) is 0 Å². The van der Waals surface area contributed by atoms with Crippen molar-refractivity contribution in [1.29, 1.82) is 0 Å². The van der Waals surface area contributed by atoms with Gasteiger partial charge < -0.3 is 9.84 Å². The molecule has 3 saturated heterocycles. The number of hydrogen-bond acceptors (Lipinski definition) is 6. The van der Waals surface area contributed by atoms with Crippen molar-refractivity contribution in [3.8, 4) is 0 Å². The van der Waals surface area contributed by atoms with E-state index in [0.29, 0.717) is 6.42 Å². The summed E-state index contributed by atoms with van der Waals surface area (Å²) in [5.41, 5.74) is -5.62. The van der Waals surface area contributed by atoms with Gasteiger partial charge in [-0.25, -0.2) is 0 Å². The Kier molecular flexibility index (Phi) is 2.82. The summed E-state index contributed by atoms with van der Waals surface area (Å²) in [5, 5.41) is 11.1. The average Bonchev–Trinajstić information content (AvgIpc) is 2.86. The highest BCUT2D eigenvalue weighted by atomic mass is 32.2. The lowest BCUT2D eigenvalue weighted by Crippen LogP contribution is -2.43. The van der Waals surface area contributed by atoms with Gasteiger partial charge in [0.15, 0.2) is 0 Å². The number of halogens is 3. The molecule has 3 rings (SSSR count). The average molecular weight is 330 g/mol. The molecule has 5 atom stereocenters. The van der Waals surface area contributed by atoms with Gasteiger partial charge in [-0.05, 0) is 12.3 Å². The van der Waals surface area contributed by atoms with Gasteiger partial charge in [0.05, 0.1) is 11.2 Å². The Hall–Kier alpha value is -0.970. The number of thioether (sulfide) groups is 1. The van der Waals surface area contributed by atoms with E-state index in [1.807, 2.05) is 0 Å². The molecule has 0 saturated carbocycles. The van der Waals surface area contributed by atoms with Crippen LogP contribution in [0.3, 0.4) is 0 Å². The van der Waals surface area contributed by atoms with Crippen LogP contribution in [0.4, 0.5) is 13.2 Å². The summed E-state index contributed by atoms with van der Waals surface area (Å²) >= 11 is 1.28. The van der Waals surface area contributed by atoms with Gasteiger partial charge in [-0.1, -0.05) is 0 Å². The van der Waals surface area contributed by atoms with Crippen molar-refractivity contribution in [2.75, 3.05) is 0 Å². The smallest absolute Gasteiger partial charge is 0.518 e. The zero-order chi connectivity index (χ0) is 14.9. The van der Waals surface area contributed by atoms with Crippen LogP contribution in [0.1, 0.15) is 6.42 Å². The van der Waals surface area contributed by atoms with Gasteiger partial charge in [0.1, 0.15) is 6.10 Å². The molecule has 0 spiro atoms. The number of ether oxygens (including phenoxy) is 1. The summed E-state index contributed by atoms with van der Waals surface area (Å²) in [5.74, 6) is -4.10. The molecule has 3 aliphatic heterocycles. The molecule has 3 heterocycles. The largest absolute Gasteiger partial charge is 0.861 e. The Bertz CT molecular complexity index is 599. The fraction of sp³-hybridized carbons (Fsp3) is 0.778. The Morgan fingerprint density at radius 1 is 1.45 bits per heavy atom. The number of carbonyl (C=O) groups is 1. The number of alkyl halides is 3. The molecule has 0 aromatic carbocycles. The van der Waals surface area contributed by atoms with Crippen molar-refractivity contribution >= 4 is 33.7 Å². The van der Waals surface area contributed by atoms with E-state index in [1.165, 1.54) is 11.8 Å². The lowest BCUT2D eigenvalue weighted by molar-refractivity contribution is -0.225. The van der Waals surface area contributed by atoms with E-state index in [4.69, 9.17) is 4.74 Å². The fourth-order valence-electron chi connectivity index (χ4n) is 2.86. The van der Waals surface area contributed by atoms with Crippen molar-refractivity contribution < 1.29 is 36.2 Å². The lowest BCUT2D eigenvalue weighted by Gasteiger charge is -2.27. The van der Waals surface area contributed by atoms with Crippen LogP contribution in [-0.4, -0.2) is 42.4 Å². The molecule has 11 heteroatoms. The third kappa shape index (κ3) is 1.82. The van der Waals surface area contributed by atoms with E-state index in [1.54, 1.807) is 0 Å². The Balaban J connectivity index is 1.93. The van der Waals surface area contributed by atoms with Crippen LogP contribution in [0.25, 0.3) is 0 Å². The molecular weight excluding hydrogens is 323 g/mol. The molecule has 0 aromatic rings. The normalized spacial score (nSPS) is 40.2. The Labute approximate surface area is 115 Å². The molecule has 112 valence electrons. The number of carbonyl (C=O) groups excluding carboxylic acids is 1. The van der Waals surface area contributed by atoms with E-state index in [9.17, 15) is 31.5 Å². The molecule has 0 aromatic heterocycles. The van der Waals surface area contributed by atoms with Gasteiger partial charge in [0, 0.05) is 11.2 Å². The molecule has 3 fully saturated rings. The second-order valence-electron chi connectivity index (χ2n) is 4.75. The molecule has 3 aliphatic rings. The second-order valence-corrected chi connectivity index (χ2v) is 7.77. The van der Waals surface area contributed by atoms with E-state index >= 15 is 0 Å². The minimum atomic E-state index is -5.87. The molecule has 0 aliphatic carbocycles. The summed E-state index contributed by atoms with van der Waals surface area (Å²) < 4.78 is 65.7. The summed E-state index contributed by atoms with van der Waals surface area (Å²) in [6.45, 7) is 0. The number of esters is 1. The van der Waals surface area contributed by atoms with Crippen LogP contribution < -0.4 is 5.11 Å². The van der Waals surface area contributed by atoms with Gasteiger partial charge in [0.25, 0.3) is 0 Å². The second kappa shape index (κ2) is 4.03. The first kappa shape index (κ1) is 14.0. The van der Waals surface area contributed by atoms with Crippen molar-refractivity contribution in [1.82, 2.24) is 0 Å². The molecule has 20 heavy (non-hydrogen) atoms. The number of nitrogens with zero attached hydrogens (tertiary/aromatic N) is 1. The quantitative estimate of drug-likeness (QED) is 0.390. The van der Waals surface area contributed by atoms with Gasteiger partial charge >= 0.3 is 21.5 Å². The van der Waals surface area contributed by atoms with Gasteiger partial charge in [-0.3, -0.25) is 4.79 Å². The minimum absolute atomic E-state index is 0.287. The highest BCUT2D eigenvalue weighted by Gasteiger charge is 2.63. The molecule has 5 unspecified atom stereocenters. The topological polar surface area (TPSA) is 95.9 Å². The Morgan fingerprint density at radius 2 is 2.10 bits per heavy atom. The number of fused-ring (bicyclic) bond motifs is 1. The zero-order valence-corrected chi connectivity index (χ0v) is 11.2. The third-order valence-corrected chi connectivity index (χ3v) is 6.38. The van der Waals surface area contributed by atoms with Gasteiger partial charge in [-0.15, -0.1) is 11.8 Å². The number of rotatable bonds is 2. The van der Waals surface area contributed by atoms with Crippen molar-refractivity contribution in [2.24, 2.45) is 16.2 Å². The monoisotopic (exact) mass is 330 g/mol. The first-order valence-corrected chi connectivity index (χ1v) is 7.94. The summed E-state index contributed by atoms with van der Waals surface area (Å²) in [6.07, 6.45) is 0.0148. The SMILES string of the molecule is O=C1OC2CC3SC2C1C3/C([O-])=N/S(=O)(=O)C(F)(F)F. The highest BCUT2D eigenvalue weighted by Crippen LogP contribution is 2.58. The Morgan fingerprint density at radius 3 is 2.70 bits per heavy atom. The molecule has 6 nitrogen and oxygen atoms in total. The maximum Gasteiger partial charge on any atom is 0.518 e. The zero-order valence-electron chi connectivity index (χ0n) is 9.53. The van der Waals surface area contributed by atoms with Crippen LogP contribution in [0.5, 0.6) is 0 Å². The van der Waals surface area contributed by atoms with Crippen molar-refractivity contribution in [2.45, 2.75) is 28.5 Å². The number of hydrogen-bond donors (Lipinski definition) is 0. The standard InChI is InChI=1S/C9H8F3NO5S2/c10-9(11,12)20(16,17)13-7(14)4-3-1-2-6(19-3)5(4)8(15)18-2/h2-6H,1H2,(H,13,14)/p-1. The first-order chi connectivity index (χ1) is 9.12. The first-order valence-electron chi connectivity index (χ1n) is 5.56. The predicted octanol–water partition coefficient (Wildman–Crippen LogP) is -0.360. The van der Waals surface area contributed by atoms with Crippen LogP contribution in [-0.2, 0) is 19.6 Å². The summed E-state index contributed by atoms with van der Waals surface area (Å²) in [4.78, 5) is 11.6. The van der Waals surface area contributed by atoms with Gasteiger partial charge in [0.2, 0.25) is 0 Å². The molecular formula is C9H7F3NO5S2-. The van der Waals surface area contributed by atoms with E-state index in [-0.39, 0.29) is 11.4 Å². The van der Waals surface area contributed by atoms with Crippen molar-refractivity contribution in [3.63, 3.8) is 0 Å². The highest BCUT2D eigenvalue weighted by molar-refractivity contribution is 8.01. The molecule has 0 amide bonds. The number of sulfonamides is 1. The summed E-state index contributed by atoms with van der Waals surface area (Å²) in [7, 11) is -5.87. The van der Waals surface area contributed by atoms with E-state index < -0.39 is 44.5 Å². The molecule has 2 bridgehead atoms.